The monoisotopic (exact) mass is 286 g/mol. The Morgan fingerprint density at radius 3 is 2.44 bits per heavy atom. The number of nitrogen functional groups attached to an aromatic ring is 1. The molecular formula is C9H10F4N2O2S. The van der Waals surface area contributed by atoms with Gasteiger partial charge in [-0.25, -0.2) is 21.9 Å². The van der Waals surface area contributed by atoms with Crippen LogP contribution in [0.2, 0.25) is 0 Å². The second-order valence-electron chi connectivity index (χ2n) is 3.46. The molecule has 102 valence electrons. The summed E-state index contributed by atoms with van der Waals surface area (Å²) < 4.78 is 73.3. The van der Waals surface area contributed by atoms with Gasteiger partial charge in [-0.3, -0.25) is 0 Å². The van der Waals surface area contributed by atoms with Gasteiger partial charge in [0.15, 0.2) is 0 Å². The molecule has 18 heavy (non-hydrogen) atoms. The number of sulfonamides is 1. The minimum absolute atomic E-state index is 0.110. The second-order valence-corrected chi connectivity index (χ2v) is 5.23. The van der Waals surface area contributed by atoms with Gasteiger partial charge < -0.3 is 5.73 Å². The van der Waals surface area contributed by atoms with Gasteiger partial charge in [0, 0.05) is 5.69 Å². The van der Waals surface area contributed by atoms with Crippen molar-refractivity contribution in [3.05, 3.63) is 24.3 Å². The summed E-state index contributed by atoms with van der Waals surface area (Å²) in [6.07, 6.45) is -3.94. The van der Waals surface area contributed by atoms with Gasteiger partial charge in [-0.1, -0.05) is 6.07 Å². The zero-order chi connectivity index (χ0) is 14.0. The highest BCUT2D eigenvalue weighted by atomic mass is 32.2. The van der Waals surface area contributed by atoms with E-state index in [4.69, 9.17) is 5.73 Å². The fourth-order valence-corrected chi connectivity index (χ4v) is 2.13. The Labute approximate surface area is 101 Å². The summed E-state index contributed by atoms with van der Waals surface area (Å²) in [5, 5.41) is 0. The largest absolute Gasteiger partial charge is 0.399 e. The van der Waals surface area contributed by atoms with Crippen molar-refractivity contribution in [2.24, 2.45) is 0 Å². The van der Waals surface area contributed by atoms with Crippen molar-refractivity contribution in [1.82, 2.24) is 4.72 Å². The molecule has 0 heterocycles. The van der Waals surface area contributed by atoms with Gasteiger partial charge in [-0.15, -0.1) is 0 Å². The van der Waals surface area contributed by atoms with E-state index in [-0.39, 0.29) is 10.6 Å². The molecule has 0 bridgehead atoms. The van der Waals surface area contributed by atoms with Crippen molar-refractivity contribution in [1.29, 1.82) is 0 Å². The number of rotatable bonds is 5. The SMILES string of the molecule is Nc1cccc(S(=O)(=O)NCC(F)(F)C(F)F)c1. The summed E-state index contributed by atoms with van der Waals surface area (Å²) in [5.74, 6) is -4.42. The van der Waals surface area contributed by atoms with Crippen LogP contribution in [0.15, 0.2) is 29.2 Å². The van der Waals surface area contributed by atoms with Crippen molar-refractivity contribution in [2.45, 2.75) is 17.2 Å². The maximum atomic E-state index is 12.6. The van der Waals surface area contributed by atoms with Gasteiger partial charge in [-0.2, -0.15) is 8.78 Å². The van der Waals surface area contributed by atoms with Crippen LogP contribution in [0, 0.1) is 0 Å². The Kier molecular flexibility index (Phi) is 4.17. The van der Waals surface area contributed by atoms with Crippen molar-refractivity contribution < 1.29 is 26.0 Å². The Balaban J connectivity index is 2.84. The molecule has 0 aromatic heterocycles. The zero-order valence-electron chi connectivity index (χ0n) is 8.91. The molecule has 0 amide bonds. The van der Waals surface area contributed by atoms with Crippen LogP contribution in [0.25, 0.3) is 0 Å². The van der Waals surface area contributed by atoms with E-state index in [1.807, 2.05) is 0 Å². The number of hydrogen-bond acceptors (Lipinski definition) is 3. The van der Waals surface area contributed by atoms with Crippen LogP contribution in [-0.2, 0) is 10.0 Å². The summed E-state index contributed by atoms with van der Waals surface area (Å²) in [5.41, 5.74) is 5.43. The molecule has 0 fully saturated rings. The quantitative estimate of drug-likeness (QED) is 0.635. The van der Waals surface area contributed by atoms with Crippen molar-refractivity contribution in [2.75, 3.05) is 12.3 Å². The molecular weight excluding hydrogens is 276 g/mol. The summed E-state index contributed by atoms with van der Waals surface area (Å²) in [6.45, 7) is -1.68. The van der Waals surface area contributed by atoms with E-state index in [2.05, 4.69) is 0 Å². The van der Waals surface area contributed by atoms with Crippen LogP contribution in [-0.4, -0.2) is 27.3 Å². The standard InChI is InChI=1S/C9H10F4N2O2S/c10-8(11)9(12,13)5-15-18(16,17)7-3-1-2-6(14)4-7/h1-4,8,15H,5,14H2. The number of benzene rings is 1. The summed E-state index contributed by atoms with van der Waals surface area (Å²) in [7, 11) is -4.29. The van der Waals surface area contributed by atoms with Gasteiger partial charge in [-0.05, 0) is 18.2 Å². The van der Waals surface area contributed by atoms with Crippen LogP contribution in [0.3, 0.4) is 0 Å². The fraction of sp³-hybridized carbons (Fsp3) is 0.333. The number of nitrogens with one attached hydrogen (secondary N) is 1. The molecule has 1 aromatic carbocycles. The van der Waals surface area contributed by atoms with Crippen molar-refractivity contribution >= 4 is 15.7 Å². The molecule has 0 aliphatic carbocycles. The van der Waals surface area contributed by atoms with Gasteiger partial charge in [0.1, 0.15) is 0 Å². The minimum atomic E-state index is -4.42. The average molecular weight is 286 g/mol. The lowest BCUT2D eigenvalue weighted by Crippen LogP contribution is -2.41. The third-order valence-corrected chi connectivity index (χ3v) is 3.38. The topological polar surface area (TPSA) is 72.2 Å². The predicted molar refractivity (Wildman–Crippen MR) is 57.0 cm³/mol. The molecule has 0 radical (unpaired) electrons. The molecule has 0 aliphatic rings. The highest BCUT2D eigenvalue weighted by molar-refractivity contribution is 7.89. The third kappa shape index (κ3) is 3.57. The molecule has 1 rings (SSSR count). The molecule has 0 saturated heterocycles. The van der Waals surface area contributed by atoms with E-state index in [9.17, 15) is 26.0 Å². The minimum Gasteiger partial charge on any atom is -0.399 e. The summed E-state index contributed by atoms with van der Waals surface area (Å²) in [6, 6.07) is 4.84. The summed E-state index contributed by atoms with van der Waals surface area (Å²) in [4.78, 5) is -0.368. The number of nitrogens with two attached hydrogens (primary N) is 1. The Morgan fingerprint density at radius 1 is 1.33 bits per heavy atom. The normalized spacial score (nSPS) is 12.9. The summed E-state index contributed by atoms with van der Waals surface area (Å²) >= 11 is 0. The average Bonchev–Trinajstić information content (AvgIpc) is 2.26. The molecule has 0 atom stereocenters. The van der Waals surface area contributed by atoms with E-state index in [0.717, 1.165) is 12.1 Å². The van der Waals surface area contributed by atoms with Crippen LogP contribution in [0.4, 0.5) is 23.2 Å². The van der Waals surface area contributed by atoms with E-state index in [1.165, 1.54) is 16.9 Å². The van der Waals surface area contributed by atoms with E-state index < -0.39 is 28.9 Å². The molecule has 0 unspecified atom stereocenters. The molecule has 3 N–H and O–H groups in total. The number of anilines is 1. The fourth-order valence-electron chi connectivity index (χ4n) is 1.03. The van der Waals surface area contributed by atoms with Gasteiger partial charge in [0.2, 0.25) is 10.0 Å². The first-order valence-corrected chi connectivity index (χ1v) is 6.14. The van der Waals surface area contributed by atoms with Gasteiger partial charge >= 0.3 is 12.3 Å². The molecule has 9 heteroatoms. The van der Waals surface area contributed by atoms with E-state index in [1.54, 1.807) is 0 Å². The van der Waals surface area contributed by atoms with Crippen LogP contribution >= 0.6 is 0 Å². The first-order chi connectivity index (χ1) is 8.15. The lowest BCUT2D eigenvalue weighted by molar-refractivity contribution is -0.122. The first kappa shape index (κ1) is 14.7. The third-order valence-electron chi connectivity index (χ3n) is 1.99. The van der Waals surface area contributed by atoms with Gasteiger partial charge in [0.05, 0.1) is 11.4 Å². The number of halogens is 4. The van der Waals surface area contributed by atoms with Crippen molar-refractivity contribution in [3.8, 4) is 0 Å². The van der Waals surface area contributed by atoms with Crippen molar-refractivity contribution in [3.63, 3.8) is 0 Å². The first-order valence-electron chi connectivity index (χ1n) is 4.66. The molecule has 4 nitrogen and oxygen atoms in total. The lowest BCUT2D eigenvalue weighted by atomic mass is 10.3. The molecule has 1 aromatic rings. The van der Waals surface area contributed by atoms with E-state index >= 15 is 0 Å². The molecule has 0 spiro atoms. The van der Waals surface area contributed by atoms with E-state index in [0.29, 0.717) is 0 Å². The second kappa shape index (κ2) is 5.11. The van der Waals surface area contributed by atoms with Crippen LogP contribution < -0.4 is 10.5 Å². The Hall–Kier alpha value is -1.35. The van der Waals surface area contributed by atoms with Crippen LogP contribution in [0.1, 0.15) is 0 Å². The highest BCUT2D eigenvalue weighted by Gasteiger charge is 2.41. The van der Waals surface area contributed by atoms with Gasteiger partial charge in [0.25, 0.3) is 0 Å². The van der Waals surface area contributed by atoms with Crippen LogP contribution in [0.5, 0.6) is 0 Å². The molecule has 0 aliphatic heterocycles. The highest BCUT2D eigenvalue weighted by Crippen LogP contribution is 2.22. The molecule has 0 saturated carbocycles. The Morgan fingerprint density at radius 2 is 1.94 bits per heavy atom. The zero-order valence-corrected chi connectivity index (χ0v) is 9.72. The smallest absolute Gasteiger partial charge is 0.320 e. The predicted octanol–water partition coefficient (Wildman–Crippen LogP) is 1.45. The maximum Gasteiger partial charge on any atom is 0.320 e. The number of hydrogen-bond donors (Lipinski definition) is 2. The number of alkyl halides is 4. The maximum absolute atomic E-state index is 12.6. The Bertz CT molecular complexity index is 519. The lowest BCUT2D eigenvalue weighted by Gasteiger charge is -2.15.